The molecule has 0 atom stereocenters. The Hall–Kier alpha value is -1.06. The molecule has 108 valence electrons. The molecule has 0 unspecified atom stereocenters. The van der Waals surface area contributed by atoms with Crippen LogP contribution in [0.4, 0.5) is 0 Å². The summed E-state index contributed by atoms with van der Waals surface area (Å²) in [6.45, 7) is 11.3. The van der Waals surface area contributed by atoms with Gasteiger partial charge in [-0.25, -0.2) is 0 Å². The Kier molecular flexibility index (Phi) is 6.89. The highest BCUT2D eigenvalue weighted by Gasteiger charge is 2.12. The molecule has 0 heterocycles. The molecule has 0 aliphatic heterocycles. The maximum Gasteiger partial charge on any atom is 0.119 e. The highest BCUT2D eigenvalue weighted by atomic mass is 16.5. The van der Waals surface area contributed by atoms with Gasteiger partial charge >= 0.3 is 0 Å². The molecule has 0 spiro atoms. The van der Waals surface area contributed by atoms with Gasteiger partial charge in [-0.05, 0) is 58.4 Å². The van der Waals surface area contributed by atoms with E-state index in [9.17, 15) is 0 Å². The van der Waals surface area contributed by atoms with E-state index >= 15 is 0 Å². The van der Waals surface area contributed by atoms with E-state index in [4.69, 9.17) is 10.5 Å². The molecule has 3 nitrogen and oxygen atoms in total. The van der Waals surface area contributed by atoms with Crippen LogP contribution in [0, 0.1) is 0 Å². The van der Waals surface area contributed by atoms with Crippen LogP contribution < -0.4 is 10.5 Å². The van der Waals surface area contributed by atoms with Crippen molar-refractivity contribution in [1.82, 2.24) is 4.90 Å². The molecule has 0 aliphatic rings. The smallest absolute Gasteiger partial charge is 0.119 e. The quantitative estimate of drug-likeness (QED) is 0.784. The summed E-state index contributed by atoms with van der Waals surface area (Å²) < 4.78 is 5.80. The molecule has 0 fully saturated rings. The first-order chi connectivity index (χ1) is 9.04. The Morgan fingerprint density at radius 3 is 2.11 bits per heavy atom. The van der Waals surface area contributed by atoms with Gasteiger partial charge in [0.15, 0.2) is 0 Å². The van der Waals surface area contributed by atoms with Crippen LogP contribution in [0.5, 0.6) is 5.75 Å². The summed E-state index contributed by atoms with van der Waals surface area (Å²) in [5.74, 6) is 0.938. The summed E-state index contributed by atoms with van der Waals surface area (Å²) in [5.41, 5.74) is 6.80. The van der Waals surface area contributed by atoms with E-state index in [0.717, 1.165) is 25.3 Å². The topological polar surface area (TPSA) is 38.5 Å². The zero-order chi connectivity index (χ0) is 14.3. The average Bonchev–Trinajstić information content (AvgIpc) is 2.36. The molecule has 1 rings (SSSR count). The second-order valence-electron chi connectivity index (χ2n) is 5.46. The third-order valence-electron chi connectivity index (χ3n) is 3.30. The molecule has 1 aromatic rings. The fourth-order valence-electron chi connectivity index (χ4n) is 2.30. The van der Waals surface area contributed by atoms with Gasteiger partial charge in [0.1, 0.15) is 12.4 Å². The molecular weight excluding hydrogens is 236 g/mol. The first-order valence-electron chi connectivity index (χ1n) is 7.22. The maximum absolute atomic E-state index is 5.80. The monoisotopic (exact) mass is 264 g/mol. The summed E-state index contributed by atoms with van der Waals surface area (Å²) in [5, 5.41) is 0. The van der Waals surface area contributed by atoms with E-state index in [1.165, 1.54) is 5.56 Å². The summed E-state index contributed by atoms with van der Waals surface area (Å²) in [7, 11) is 0. The van der Waals surface area contributed by atoms with Crippen LogP contribution in [0.3, 0.4) is 0 Å². The van der Waals surface area contributed by atoms with Crippen molar-refractivity contribution in [3.8, 4) is 5.75 Å². The minimum absolute atomic E-state index is 0.551. The molecule has 0 bridgehead atoms. The summed E-state index contributed by atoms with van der Waals surface area (Å²) in [6, 6.07) is 9.33. The van der Waals surface area contributed by atoms with E-state index in [0.29, 0.717) is 18.6 Å². The third-order valence-corrected chi connectivity index (χ3v) is 3.30. The number of hydrogen-bond acceptors (Lipinski definition) is 3. The van der Waals surface area contributed by atoms with Gasteiger partial charge in [-0.2, -0.15) is 0 Å². The molecule has 2 N–H and O–H groups in total. The number of rotatable bonds is 8. The van der Waals surface area contributed by atoms with E-state index in [2.05, 4.69) is 44.7 Å². The van der Waals surface area contributed by atoms with Crippen molar-refractivity contribution in [1.29, 1.82) is 0 Å². The van der Waals surface area contributed by atoms with Crippen LogP contribution in [-0.2, 0) is 6.42 Å². The van der Waals surface area contributed by atoms with Crippen molar-refractivity contribution in [2.24, 2.45) is 5.73 Å². The van der Waals surface area contributed by atoms with Crippen LogP contribution in [0.15, 0.2) is 24.3 Å². The Morgan fingerprint density at radius 1 is 1.05 bits per heavy atom. The van der Waals surface area contributed by atoms with Gasteiger partial charge in [-0.3, -0.25) is 4.90 Å². The van der Waals surface area contributed by atoms with Crippen molar-refractivity contribution in [2.45, 2.75) is 46.2 Å². The van der Waals surface area contributed by atoms with Crippen molar-refractivity contribution in [3.63, 3.8) is 0 Å². The van der Waals surface area contributed by atoms with Crippen molar-refractivity contribution in [2.75, 3.05) is 19.7 Å². The van der Waals surface area contributed by atoms with Gasteiger partial charge in [0, 0.05) is 18.6 Å². The third kappa shape index (κ3) is 5.62. The average molecular weight is 264 g/mol. The van der Waals surface area contributed by atoms with Crippen LogP contribution in [0.2, 0.25) is 0 Å². The van der Waals surface area contributed by atoms with E-state index in [-0.39, 0.29) is 0 Å². The number of nitrogens with two attached hydrogens (primary N) is 1. The Labute approximate surface area is 117 Å². The normalized spacial score (nSPS) is 11.6. The lowest BCUT2D eigenvalue weighted by Crippen LogP contribution is -2.39. The molecule has 0 aromatic heterocycles. The maximum atomic E-state index is 5.80. The number of nitrogens with zero attached hydrogens (tertiary/aromatic N) is 1. The molecule has 0 saturated heterocycles. The van der Waals surface area contributed by atoms with Gasteiger partial charge in [0.05, 0.1) is 0 Å². The highest BCUT2D eigenvalue weighted by molar-refractivity contribution is 5.27. The largest absolute Gasteiger partial charge is 0.492 e. The van der Waals surface area contributed by atoms with Gasteiger partial charge in [0.25, 0.3) is 0 Å². The van der Waals surface area contributed by atoms with Crippen molar-refractivity contribution in [3.05, 3.63) is 29.8 Å². The predicted octanol–water partition coefficient (Wildman–Crippen LogP) is 2.69. The lowest BCUT2D eigenvalue weighted by atomic mass is 10.1. The zero-order valence-electron chi connectivity index (χ0n) is 12.7. The van der Waals surface area contributed by atoms with Gasteiger partial charge < -0.3 is 10.5 Å². The summed E-state index contributed by atoms with van der Waals surface area (Å²) in [6.07, 6.45) is 0.925. The summed E-state index contributed by atoms with van der Waals surface area (Å²) >= 11 is 0. The molecule has 3 heteroatoms. The fraction of sp³-hybridized carbons (Fsp3) is 0.625. The SMILES string of the molecule is CC(C)N(CCOc1ccc(CCN)cc1)C(C)C. The lowest BCUT2D eigenvalue weighted by Gasteiger charge is -2.30. The first-order valence-corrected chi connectivity index (χ1v) is 7.22. The molecule has 19 heavy (non-hydrogen) atoms. The first kappa shape index (κ1) is 16.0. The van der Waals surface area contributed by atoms with Crippen LogP contribution >= 0.6 is 0 Å². The Balaban J connectivity index is 2.39. The fourth-order valence-corrected chi connectivity index (χ4v) is 2.30. The number of hydrogen-bond donors (Lipinski definition) is 1. The molecule has 0 radical (unpaired) electrons. The number of ether oxygens (including phenoxy) is 1. The van der Waals surface area contributed by atoms with Crippen molar-refractivity contribution >= 4 is 0 Å². The summed E-state index contributed by atoms with van der Waals surface area (Å²) in [4.78, 5) is 2.43. The van der Waals surface area contributed by atoms with Gasteiger partial charge in [0.2, 0.25) is 0 Å². The molecule has 0 amide bonds. The molecule has 0 saturated carbocycles. The van der Waals surface area contributed by atoms with E-state index in [1.54, 1.807) is 0 Å². The van der Waals surface area contributed by atoms with Gasteiger partial charge in [-0.1, -0.05) is 12.1 Å². The van der Waals surface area contributed by atoms with Crippen LogP contribution in [-0.4, -0.2) is 36.7 Å². The van der Waals surface area contributed by atoms with Gasteiger partial charge in [-0.15, -0.1) is 0 Å². The highest BCUT2D eigenvalue weighted by Crippen LogP contribution is 2.13. The predicted molar refractivity (Wildman–Crippen MR) is 81.7 cm³/mol. The number of benzene rings is 1. The van der Waals surface area contributed by atoms with Crippen LogP contribution in [0.25, 0.3) is 0 Å². The Morgan fingerprint density at radius 2 is 1.63 bits per heavy atom. The van der Waals surface area contributed by atoms with Crippen molar-refractivity contribution < 1.29 is 4.74 Å². The second-order valence-corrected chi connectivity index (χ2v) is 5.46. The zero-order valence-corrected chi connectivity index (χ0v) is 12.7. The molecule has 1 aromatic carbocycles. The lowest BCUT2D eigenvalue weighted by molar-refractivity contribution is 0.142. The minimum Gasteiger partial charge on any atom is -0.492 e. The Bertz CT molecular complexity index is 338. The standard InChI is InChI=1S/C16H28N2O/c1-13(2)18(14(3)4)11-12-19-16-7-5-15(6-8-16)9-10-17/h5-8,13-14H,9-12,17H2,1-4H3. The molecule has 0 aliphatic carbocycles. The van der Waals surface area contributed by atoms with E-state index in [1.807, 2.05) is 12.1 Å². The minimum atomic E-state index is 0.551. The van der Waals surface area contributed by atoms with Crippen LogP contribution in [0.1, 0.15) is 33.3 Å². The molecular formula is C16H28N2O. The van der Waals surface area contributed by atoms with E-state index < -0.39 is 0 Å². The second kappa shape index (κ2) is 8.18.